The molecule has 0 saturated heterocycles. The fourth-order valence-corrected chi connectivity index (χ4v) is 2.16. The third-order valence-corrected chi connectivity index (χ3v) is 3.62. The number of carbonyl (C=O) groups is 2. The zero-order chi connectivity index (χ0) is 16.9. The molecule has 2 aromatic rings. The second-order valence-electron chi connectivity index (χ2n) is 5.68. The first-order valence-electron chi connectivity index (χ1n) is 7.76. The van der Waals surface area contributed by atoms with Gasteiger partial charge in [-0.1, -0.05) is 30.3 Å². The van der Waals surface area contributed by atoms with Gasteiger partial charge in [0.2, 0.25) is 0 Å². The average Bonchev–Trinajstić information content (AvgIpc) is 3.41. The van der Waals surface area contributed by atoms with Crippen LogP contribution in [0.15, 0.2) is 60.3 Å². The van der Waals surface area contributed by atoms with Crippen molar-refractivity contribution in [1.29, 1.82) is 0 Å². The van der Waals surface area contributed by atoms with Crippen LogP contribution in [0.4, 0.5) is 4.39 Å². The highest BCUT2D eigenvalue weighted by atomic mass is 19.1. The minimum atomic E-state index is -0.366. The van der Waals surface area contributed by atoms with E-state index in [1.807, 2.05) is 6.07 Å². The van der Waals surface area contributed by atoms with Crippen molar-refractivity contribution in [3.63, 3.8) is 0 Å². The van der Waals surface area contributed by atoms with Gasteiger partial charge in [-0.2, -0.15) is 0 Å². The van der Waals surface area contributed by atoms with Crippen LogP contribution in [-0.2, 0) is 4.79 Å². The molecular formula is C19H17FN2O2. The molecule has 1 saturated carbocycles. The molecule has 1 aliphatic rings. The molecule has 0 unspecified atom stereocenters. The Bertz CT molecular complexity index is 766. The Morgan fingerprint density at radius 2 is 1.67 bits per heavy atom. The summed E-state index contributed by atoms with van der Waals surface area (Å²) in [5.74, 6) is -1.06. The molecule has 2 N–H and O–H groups in total. The Morgan fingerprint density at radius 1 is 1.00 bits per heavy atom. The van der Waals surface area contributed by atoms with Crippen molar-refractivity contribution in [3.05, 3.63) is 77.2 Å². The molecule has 1 aliphatic carbocycles. The molecule has 122 valence electrons. The molecule has 2 aromatic carbocycles. The smallest absolute Gasteiger partial charge is 0.268 e. The van der Waals surface area contributed by atoms with E-state index in [0.29, 0.717) is 11.1 Å². The monoisotopic (exact) mass is 324 g/mol. The quantitative estimate of drug-likeness (QED) is 0.831. The molecule has 0 spiro atoms. The van der Waals surface area contributed by atoms with E-state index < -0.39 is 0 Å². The summed E-state index contributed by atoms with van der Waals surface area (Å²) in [5.41, 5.74) is 1.23. The largest absolute Gasteiger partial charge is 0.348 e. The molecule has 3 rings (SSSR count). The molecule has 0 aromatic heterocycles. The molecule has 4 nitrogen and oxygen atoms in total. The van der Waals surface area contributed by atoms with Gasteiger partial charge in [-0.25, -0.2) is 4.39 Å². The predicted molar refractivity (Wildman–Crippen MR) is 89.4 cm³/mol. The van der Waals surface area contributed by atoms with Crippen LogP contribution >= 0.6 is 0 Å². The van der Waals surface area contributed by atoms with Gasteiger partial charge in [0.25, 0.3) is 11.8 Å². The summed E-state index contributed by atoms with van der Waals surface area (Å²) in [6, 6.07) is 14.5. The van der Waals surface area contributed by atoms with Crippen LogP contribution in [0, 0.1) is 5.82 Å². The van der Waals surface area contributed by atoms with Crippen molar-refractivity contribution >= 4 is 17.9 Å². The van der Waals surface area contributed by atoms with Crippen molar-refractivity contribution in [2.45, 2.75) is 18.9 Å². The molecule has 0 aliphatic heterocycles. The van der Waals surface area contributed by atoms with Gasteiger partial charge in [-0.3, -0.25) is 9.59 Å². The lowest BCUT2D eigenvalue weighted by Crippen LogP contribution is -2.35. The fraction of sp³-hybridized carbons (Fsp3) is 0.158. The number of hydrogen-bond acceptors (Lipinski definition) is 2. The van der Waals surface area contributed by atoms with Gasteiger partial charge in [0.05, 0.1) is 0 Å². The van der Waals surface area contributed by atoms with Crippen molar-refractivity contribution in [2.24, 2.45) is 0 Å². The zero-order valence-electron chi connectivity index (χ0n) is 13.0. The second kappa shape index (κ2) is 7.08. The van der Waals surface area contributed by atoms with Gasteiger partial charge < -0.3 is 10.6 Å². The number of amides is 2. The standard InChI is InChI=1S/C19H17FN2O2/c20-15-8-6-13(7-9-15)12-17(19(24)21-16-10-11-16)22-18(23)14-4-2-1-3-5-14/h1-9,12,16H,10-11H2,(H,21,24)(H,22,23)/b17-12-. The summed E-state index contributed by atoms with van der Waals surface area (Å²) in [4.78, 5) is 24.7. The number of nitrogens with one attached hydrogen (secondary N) is 2. The normalized spacial score (nSPS) is 14.1. The first kappa shape index (κ1) is 15.9. The molecule has 0 atom stereocenters. The van der Waals surface area contributed by atoms with E-state index in [0.717, 1.165) is 12.8 Å². The van der Waals surface area contributed by atoms with Gasteiger partial charge in [0.1, 0.15) is 11.5 Å². The summed E-state index contributed by atoms with van der Waals surface area (Å²) in [6.45, 7) is 0. The highest BCUT2D eigenvalue weighted by Gasteiger charge is 2.25. The minimum Gasteiger partial charge on any atom is -0.348 e. The number of hydrogen-bond donors (Lipinski definition) is 2. The van der Waals surface area contributed by atoms with Crippen LogP contribution in [0.1, 0.15) is 28.8 Å². The number of rotatable bonds is 5. The van der Waals surface area contributed by atoms with E-state index in [1.165, 1.54) is 18.2 Å². The SMILES string of the molecule is O=C(NC1CC1)/C(=C/c1ccc(F)cc1)NC(=O)c1ccccc1. The van der Waals surface area contributed by atoms with Crippen LogP contribution < -0.4 is 10.6 Å². The van der Waals surface area contributed by atoms with E-state index in [-0.39, 0.29) is 29.4 Å². The highest BCUT2D eigenvalue weighted by molar-refractivity contribution is 6.05. The van der Waals surface area contributed by atoms with E-state index in [1.54, 1.807) is 36.4 Å². The van der Waals surface area contributed by atoms with E-state index in [2.05, 4.69) is 10.6 Å². The minimum absolute atomic E-state index is 0.141. The number of benzene rings is 2. The predicted octanol–water partition coefficient (Wildman–Crippen LogP) is 2.88. The maximum atomic E-state index is 13.0. The summed E-state index contributed by atoms with van der Waals surface area (Å²) < 4.78 is 13.0. The zero-order valence-corrected chi connectivity index (χ0v) is 13.0. The van der Waals surface area contributed by atoms with Crippen molar-refractivity contribution in [2.75, 3.05) is 0 Å². The van der Waals surface area contributed by atoms with Crippen LogP contribution in [0.2, 0.25) is 0 Å². The lowest BCUT2D eigenvalue weighted by atomic mass is 10.1. The molecule has 5 heteroatoms. The van der Waals surface area contributed by atoms with Crippen molar-refractivity contribution in [1.82, 2.24) is 10.6 Å². The summed E-state index contributed by atoms with van der Waals surface area (Å²) in [6.07, 6.45) is 3.43. The van der Waals surface area contributed by atoms with Crippen LogP contribution in [0.3, 0.4) is 0 Å². The first-order valence-corrected chi connectivity index (χ1v) is 7.76. The Balaban J connectivity index is 1.82. The third-order valence-electron chi connectivity index (χ3n) is 3.62. The van der Waals surface area contributed by atoms with Gasteiger partial charge >= 0.3 is 0 Å². The fourth-order valence-electron chi connectivity index (χ4n) is 2.16. The third kappa shape index (κ3) is 4.29. The van der Waals surface area contributed by atoms with E-state index in [4.69, 9.17) is 0 Å². The van der Waals surface area contributed by atoms with Gasteiger partial charge in [-0.15, -0.1) is 0 Å². The molecule has 2 amide bonds. The molecule has 0 bridgehead atoms. The first-order chi connectivity index (χ1) is 11.6. The summed E-state index contributed by atoms with van der Waals surface area (Å²) in [7, 11) is 0. The molecule has 1 fully saturated rings. The maximum Gasteiger partial charge on any atom is 0.268 e. The number of halogens is 1. The molecule has 0 radical (unpaired) electrons. The molecule has 0 heterocycles. The van der Waals surface area contributed by atoms with Crippen molar-refractivity contribution < 1.29 is 14.0 Å². The lowest BCUT2D eigenvalue weighted by molar-refractivity contribution is -0.117. The van der Waals surface area contributed by atoms with Crippen LogP contribution in [0.5, 0.6) is 0 Å². The Hall–Kier alpha value is -2.95. The van der Waals surface area contributed by atoms with Gasteiger partial charge in [0, 0.05) is 11.6 Å². The van der Waals surface area contributed by atoms with E-state index in [9.17, 15) is 14.0 Å². The van der Waals surface area contributed by atoms with E-state index >= 15 is 0 Å². The lowest BCUT2D eigenvalue weighted by Gasteiger charge is -2.11. The topological polar surface area (TPSA) is 58.2 Å². The molecule has 24 heavy (non-hydrogen) atoms. The Labute approximate surface area is 139 Å². The van der Waals surface area contributed by atoms with Gasteiger partial charge in [0.15, 0.2) is 0 Å². The Kier molecular flexibility index (Phi) is 4.70. The highest BCUT2D eigenvalue weighted by Crippen LogP contribution is 2.19. The van der Waals surface area contributed by atoms with Gasteiger partial charge in [-0.05, 0) is 48.7 Å². The average molecular weight is 324 g/mol. The molecular weight excluding hydrogens is 307 g/mol. The van der Waals surface area contributed by atoms with Crippen LogP contribution in [0.25, 0.3) is 6.08 Å². The summed E-state index contributed by atoms with van der Waals surface area (Å²) in [5, 5.41) is 5.49. The summed E-state index contributed by atoms with van der Waals surface area (Å²) >= 11 is 0. The second-order valence-corrected chi connectivity index (χ2v) is 5.68. The Morgan fingerprint density at radius 3 is 2.29 bits per heavy atom. The maximum absolute atomic E-state index is 13.0. The van der Waals surface area contributed by atoms with Crippen molar-refractivity contribution in [3.8, 4) is 0 Å². The number of carbonyl (C=O) groups excluding carboxylic acids is 2. The van der Waals surface area contributed by atoms with Crippen LogP contribution in [-0.4, -0.2) is 17.9 Å².